The fourth-order valence-electron chi connectivity index (χ4n) is 5.11. The number of para-hydroxylation sites is 1. The Kier molecular flexibility index (Phi) is 5.58. The van der Waals surface area contributed by atoms with Gasteiger partial charge in [0.2, 0.25) is 5.91 Å². The summed E-state index contributed by atoms with van der Waals surface area (Å²) >= 11 is 0. The molecule has 0 aromatic heterocycles. The molecule has 6 heteroatoms. The highest BCUT2D eigenvalue weighted by Crippen LogP contribution is 2.32. The van der Waals surface area contributed by atoms with Crippen molar-refractivity contribution in [1.29, 1.82) is 0 Å². The van der Waals surface area contributed by atoms with Crippen LogP contribution in [0, 0.1) is 6.92 Å². The maximum Gasteiger partial charge on any atom is 0.320 e. The lowest BCUT2D eigenvalue weighted by Gasteiger charge is -2.44. The molecule has 2 aliphatic heterocycles. The first-order chi connectivity index (χ1) is 13.6. The third-order valence-corrected chi connectivity index (χ3v) is 6.74. The van der Waals surface area contributed by atoms with Crippen molar-refractivity contribution >= 4 is 17.6 Å². The van der Waals surface area contributed by atoms with E-state index in [0.29, 0.717) is 6.04 Å². The predicted octanol–water partition coefficient (Wildman–Crippen LogP) is 3.13. The lowest BCUT2D eigenvalue weighted by Crippen LogP contribution is -2.64. The van der Waals surface area contributed by atoms with Crippen LogP contribution in [-0.4, -0.2) is 59.5 Å². The van der Waals surface area contributed by atoms with Crippen molar-refractivity contribution in [2.24, 2.45) is 0 Å². The van der Waals surface area contributed by atoms with Crippen molar-refractivity contribution in [2.75, 3.05) is 31.5 Å². The van der Waals surface area contributed by atoms with E-state index in [1.165, 1.54) is 12.8 Å². The van der Waals surface area contributed by atoms with Gasteiger partial charge < -0.3 is 15.5 Å². The zero-order chi connectivity index (χ0) is 19.6. The third kappa shape index (κ3) is 3.88. The average molecular weight is 385 g/mol. The Hall–Kier alpha value is -2.08. The first-order valence-electron chi connectivity index (χ1n) is 10.8. The van der Waals surface area contributed by atoms with Crippen LogP contribution in [0.4, 0.5) is 10.5 Å². The van der Waals surface area contributed by atoms with E-state index in [4.69, 9.17) is 0 Å². The molecule has 1 atom stereocenters. The number of nitrogens with zero attached hydrogens (tertiary/aromatic N) is 2. The Bertz CT molecular complexity index is 729. The van der Waals surface area contributed by atoms with E-state index in [-0.39, 0.29) is 11.9 Å². The summed E-state index contributed by atoms with van der Waals surface area (Å²) in [6.07, 6.45) is 6.98. The van der Waals surface area contributed by atoms with Gasteiger partial charge in [-0.05, 0) is 50.8 Å². The second-order valence-corrected chi connectivity index (χ2v) is 8.62. The van der Waals surface area contributed by atoms with Gasteiger partial charge in [0.15, 0.2) is 0 Å². The number of piperazine rings is 1. The lowest BCUT2D eigenvalue weighted by atomic mass is 9.80. The minimum absolute atomic E-state index is 0.124. The number of amides is 3. The summed E-state index contributed by atoms with van der Waals surface area (Å²) in [6, 6.07) is 7.95. The van der Waals surface area contributed by atoms with E-state index >= 15 is 0 Å². The lowest BCUT2D eigenvalue weighted by molar-refractivity contribution is -0.142. The third-order valence-electron chi connectivity index (χ3n) is 6.74. The van der Waals surface area contributed by atoms with Gasteiger partial charge in [0.1, 0.15) is 5.54 Å². The van der Waals surface area contributed by atoms with E-state index in [1.807, 2.05) is 36.1 Å². The van der Waals surface area contributed by atoms with Gasteiger partial charge in [-0.25, -0.2) is 4.79 Å². The molecule has 0 bridgehead atoms. The second kappa shape index (κ2) is 8.11. The number of rotatable bonds is 3. The molecule has 3 fully saturated rings. The Morgan fingerprint density at radius 1 is 1.04 bits per heavy atom. The Balaban J connectivity index is 1.47. The van der Waals surface area contributed by atoms with Gasteiger partial charge in [0.05, 0.1) is 0 Å². The molecular weight excluding hydrogens is 352 g/mol. The molecular formula is C22H32N4O2. The zero-order valence-electron chi connectivity index (χ0n) is 16.9. The first-order valence-corrected chi connectivity index (χ1v) is 10.8. The van der Waals surface area contributed by atoms with Gasteiger partial charge in [0.25, 0.3) is 0 Å². The van der Waals surface area contributed by atoms with Crippen LogP contribution >= 0.6 is 0 Å². The largest absolute Gasteiger partial charge is 0.338 e. The van der Waals surface area contributed by atoms with Crippen LogP contribution < -0.4 is 10.6 Å². The fourth-order valence-corrected chi connectivity index (χ4v) is 5.11. The number of carbonyl (C=O) groups excluding carboxylic acids is 2. The average Bonchev–Trinajstić information content (AvgIpc) is 3.17. The molecule has 2 saturated heterocycles. The number of benzene rings is 1. The number of aryl methyl sites for hydroxylation is 1. The van der Waals surface area contributed by atoms with E-state index in [9.17, 15) is 9.59 Å². The first kappa shape index (κ1) is 19.2. The molecule has 2 N–H and O–H groups in total. The molecule has 28 heavy (non-hydrogen) atoms. The monoisotopic (exact) mass is 384 g/mol. The molecule has 1 aromatic rings. The smallest absolute Gasteiger partial charge is 0.320 e. The summed E-state index contributed by atoms with van der Waals surface area (Å²) in [7, 11) is 0. The molecule has 4 rings (SSSR count). The Morgan fingerprint density at radius 2 is 1.82 bits per heavy atom. The van der Waals surface area contributed by atoms with Crippen molar-refractivity contribution in [3.63, 3.8) is 0 Å². The maximum absolute atomic E-state index is 13.6. The molecule has 152 valence electrons. The highest BCUT2D eigenvalue weighted by Gasteiger charge is 2.45. The quantitative estimate of drug-likeness (QED) is 0.842. The molecule has 3 amide bonds. The Labute approximate surface area is 167 Å². The summed E-state index contributed by atoms with van der Waals surface area (Å²) in [5, 5.41) is 6.06. The summed E-state index contributed by atoms with van der Waals surface area (Å²) in [5.74, 6) is 0.124. The van der Waals surface area contributed by atoms with Crippen LogP contribution in [0.3, 0.4) is 0 Å². The number of fused-ring (bicyclic) bond motifs is 1. The number of hydrogen-bond donors (Lipinski definition) is 2. The number of anilines is 1. The molecule has 1 aromatic carbocycles. The molecule has 0 spiro atoms. The number of carbonyl (C=O) groups is 2. The van der Waals surface area contributed by atoms with E-state index in [0.717, 1.165) is 69.5 Å². The highest BCUT2D eigenvalue weighted by atomic mass is 16.2. The van der Waals surface area contributed by atoms with Crippen molar-refractivity contribution in [3.05, 3.63) is 29.8 Å². The van der Waals surface area contributed by atoms with Gasteiger partial charge in [-0.2, -0.15) is 0 Å². The minimum atomic E-state index is -0.758. The van der Waals surface area contributed by atoms with Crippen LogP contribution in [-0.2, 0) is 4.79 Å². The van der Waals surface area contributed by atoms with Gasteiger partial charge in [-0.1, -0.05) is 37.5 Å². The van der Waals surface area contributed by atoms with Crippen LogP contribution in [0.25, 0.3) is 0 Å². The molecule has 1 aliphatic carbocycles. The maximum atomic E-state index is 13.6. The molecule has 0 radical (unpaired) electrons. The molecule has 1 saturated carbocycles. The normalized spacial score (nSPS) is 24.5. The molecule has 0 unspecified atom stereocenters. The summed E-state index contributed by atoms with van der Waals surface area (Å²) < 4.78 is 0. The molecule has 3 aliphatic rings. The number of urea groups is 1. The van der Waals surface area contributed by atoms with E-state index in [2.05, 4.69) is 15.5 Å². The highest BCUT2D eigenvalue weighted by molar-refractivity contribution is 5.96. The van der Waals surface area contributed by atoms with Crippen molar-refractivity contribution < 1.29 is 9.59 Å². The van der Waals surface area contributed by atoms with Gasteiger partial charge >= 0.3 is 6.03 Å². The SMILES string of the molecule is Cc1ccccc1NC(=O)NC1(C(=O)N2CCN3CCC[C@@H]3C2)CCCCC1. The van der Waals surface area contributed by atoms with Crippen LogP contribution in [0.1, 0.15) is 50.5 Å². The van der Waals surface area contributed by atoms with Crippen molar-refractivity contribution in [3.8, 4) is 0 Å². The van der Waals surface area contributed by atoms with Gasteiger partial charge in [0, 0.05) is 31.4 Å². The second-order valence-electron chi connectivity index (χ2n) is 8.62. The summed E-state index contributed by atoms with van der Waals surface area (Å²) in [6.45, 7) is 5.68. The van der Waals surface area contributed by atoms with E-state index < -0.39 is 5.54 Å². The van der Waals surface area contributed by atoms with Crippen LogP contribution in [0.5, 0.6) is 0 Å². The van der Waals surface area contributed by atoms with Crippen LogP contribution in [0.2, 0.25) is 0 Å². The molecule has 2 heterocycles. The summed E-state index contributed by atoms with van der Waals surface area (Å²) in [5.41, 5.74) is 1.04. The number of hydrogen-bond acceptors (Lipinski definition) is 3. The van der Waals surface area contributed by atoms with Gasteiger partial charge in [-0.15, -0.1) is 0 Å². The fraction of sp³-hybridized carbons (Fsp3) is 0.636. The number of nitrogens with one attached hydrogen (secondary N) is 2. The van der Waals surface area contributed by atoms with Crippen LogP contribution in [0.15, 0.2) is 24.3 Å². The Morgan fingerprint density at radius 3 is 2.61 bits per heavy atom. The predicted molar refractivity (Wildman–Crippen MR) is 110 cm³/mol. The van der Waals surface area contributed by atoms with E-state index in [1.54, 1.807) is 0 Å². The van der Waals surface area contributed by atoms with Gasteiger partial charge in [-0.3, -0.25) is 9.69 Å². The summed E-state index contributed by atoms with van der Waals surface area (Å²) in [4.78, 5) is 30.9. The minimum Gasteiger partial charge on any atom is -0.338 e. The zero-order valence-corrected chi connectivity index (χ0v) is 16.9. The standard InChI is InChI=1S/C22H32N4O2/c1-17-8-3-4-10-19(17)23-21(28)24-22(11-5-2-6-12-22)20(27)26-15-14-25-13-7-9-18(25)16-26/h3-4,8,10,18H,2,5-7,9,11-16H2,1H3,(H2,23,24,28)/t18-/m1/s1. The molecule has 6 nitrogen and oxygen atoms in total. The van der Waals surface area contributed by atoms with Crippen molar-refractivity contribution in [1.82, 2.24) is 15.1 Å². The topological polar surface area (TPSA) is 64.7 Å². The van der Waals surface area contributed by atoms with Crippen molar-refractivity contribution in [2.45, 2.75) is 63.5 Å².